The van der Waals surface area contributed by atoms with Gasteiger partial charge in [0.2, 0.25) is 0 Å². The number of hydrogen-bond donors (Lipinski definition) is 1. The fourth-order valence-corrected chi connectivity index (χ4v) is 2.57. The quantitative estimate of drug-likeness (QED) is 0.769. The highest BCUT2D eigenvalue weighted by molar-refractivity contribution is 5.68. The number of carboxylic acid groups (broad SMARTS) is 1. The van der Waals surface area contributed by atoms with Gasteiger partial charge in [-0.15, -0.1) is 0 Å². The third kappa shape index (κ3) is 3.19. The molecule has 16 heavy (non-hydrogen) atoms. The Kier molecular flexibility index (Phi) is 4.74. The Bertz CT molecular complexity index is 233. The lowest BCUT2D eigenvalue weighted by molar-refractivity contribution is -0.141. The molecule has 0 saturated carbocycles. The summed E-state index contributed by atoms with van der Waals surface area (Å²) in [4.78, 5) is 15.5. The van der Waals surface area contributed by atoms with Crippen molar-refractivity contribution in [1.82, 2.24) is 9.80 Å². The summed E-state index contributed by atoms with van der Waals surface area (Å²) in [5.41, 5.74) is -0.129. The molecular weight excluding hydrogens is 204 g/mol. The van der Waals surface area contributed by atoms with E-state index in [0.29, 0.717) is 0 Å². The Morgan fingerprint density at radius 2 is 1.94 bits per heavy atom. The van der Waals surface area contributed by atoms with Crippen LogP contribution in [0.5, 0.6) is 0 Å². The van der Waals surface area contributed by atoms with E-state index >= 15 is 0 Å². The first kappa shape index (κ1) is 13.5. The number of aliphatic carboxylic acids is 1. The van der Waals surface area contributed by atoms with Gasteiger partial charge in [-0.05, 0) is 53.0 Å². The maximum atomic E-state index is 10.9. The summed E-state index contributed by atoms with van der Waals surface area (Å²) in [6.45, 7) is 5.38. The number of likely N-dealkylation sites (tertiary alicyclic amines) is 1. The molecule has 4 nitrogen and oxygen atoms in total. The second-order valence-electron chi connectivity index (χ2n) is 5.03. The smallest absolute Gasteiger partial charge is 0.305 e. The topological polar surface area (TPSA) is 43.8 Å². The van der Waals surface area contributed by atoms with Crippen molar-refractivity contribution < 1.29 is 9.90 Å². The minimum absolute atomic E-state index is 0.129. The molecule has 0 radical (unpaired) electrons. The van der Waals surface area contributed by atoms with Crippen LogP contribution in [0.1, 0.15) is 32.6 Å². The molecule has 0 aromatic carbocycles. The molecule has 0 atom stereocenters. The molecule has 0 spiro atoms. The van der Waals surface area contributed by atoms with Crippen molar-refractivity contribution in [2.75, 3.05) is 33.7 Å². The fraction of sp³-hybridized carbons (Fsp3) is 0.917. The van der Waals surface area contributed by atoms with Crippen LogP contribution in [-0.2, 0) is 4.79 Å². The van der Waals surface area contributed by atoms with E-state index < -0.39 is 5.97 Å². The molecule has 1 saturated heterocycles. The zero-order valence-corrected chi connectivity index (χ0v) is 10.7. The number of carboxylic acids is 1. The average molecular weight is 228 g/mol. The van der Waals surface area contributed by atoms with Crippen molar-refractivity contribution in [3.05, 3.63) is 0 Å². The van der Waals surface area contributed by atoms with E-state index in [1.807, 2.05) is 14.1 Å². The van der Waals surface area contributed by atoms with Gasteiger partial charge in [-0.1, -0.05) is 6.92 Å². The van der Waals surface area contributed by atoms with E-state index in [1.54, 1.807) is 0 Å². The van der Waals surface area contributed by atoms with Gasteiger partial charge in [-0.2, -0.15) is 0 Å². The van der Waals surface area contributed by atoms with Crippen molar-refractivity contribution in [1.29, 1.82) is 0 Å². The molecule has 4 heteroatoms. The summed E-state index contributed by atoms with van der Waals surface area (Å²) in [5.74, 6) is -0.683. The minimum Gasteiger partial charge on any atom is -0.481 e. The lowest BCUT2D eigenvalue weighted by Crippen LogP contribution is -2.53. The third-order valence-electron chi connectivity index (χ3n) is 3.76. The van der Waals surface area contributed by atoms with Crippen molar-refractivity contribution in [2.45, 2.75) is 38.1 Å². The van der Waals surface area contributed by atoms with Crippen molar-refractivity contribution in [3.63, 3.8) is 0 Å². The Morgan fingerprint density at radius 1 is 1.38 bits per heavy atom. The van der Waals surface area contributed by atoms with E-state index in [-0.39, 0.29) is 12.0 Å². The number of nitrogens with zero attached hydrogens (tertiary/aromatic N) is 2. The highest BCUT2D eigenvalue weighted by Gasteiger charge is 2.38. The summed E-state index contributed by atoms with van der Waals surface area (Å²) in [6.07, 6.45) is 3.37. The number of carbonyl (C=O) groups is 1. The Labute approximate surface area is 98.2 Å². The highest BCUT2D eigenvalue weighted by atomic mass is 16.4. The van der Waals surface area contributed by atoms with Crippen LogP contribution in [0.15, 0.2) is 0 Å². The second kappa shape index (κ2) is 5.64. The molecule has 1 fully saturated rings. The molecule has 1 N–H and O–H groups in total. The van der Waals surface area contributed by atoms with Gasteiger partial charge >= 0.3 is 5.97 Å². The summed E-state index contributed by atoms with van der Waals surface area (Å²) in [7, 11) is 4.00. The maximum Gasteiger partial charge on any atom is 0.305 e. The summed E-state index contributed by atoms with van der Waals surface area (Å²) >= 11 is 0. The lowest BCUT2D eigenvalue weighted by atomic mass is 9.83. The molecule has 1 rings (SSSR count). The highest BCUT2D eigenvalue weighted by Crippen LogP contribution is 2.30. The Hall–Kier alpha value is -0.610. The van der Waals surface area contributed by atoms with Gasteiger partial charge in [0.05, 0.1) is 6.42 Å². The van der Waals surface area contributed by atoms with Gasteiger partial charge in [-0.25, -0.2) is 0 Å². The zero-order chi connectivity index (χ0) is 12.2. The van der Waals surface area contributed by atoms with E-state index in [0.717, 1.165) is 32.5 Å². The first-order valence-corrected chi connectivity index (χ1v) is 6.12. The first-order chi connectivity index (χ1) is 7.50. The van der Waals surface area contributed by atoms with Crippen LogP contribution in [0.4, 0.5) is 0 Å². The van der Waals surface area contributed by atoms with Crippen LogP contribution in [0.2, 0.25) is 0 Å². The molecule has 0 amide bonds. The predicted molar refractivity (Wildman–Crippen MR) is 64.6 cm³/mol. The molecule has 94 valence electrons. The van der Waals surface area contributed by atoms with E-state index in [4.69, 9.17) is 5.11 Å². The molecule has 1 aliphatic heterocycles. The molecule has 0 unspecified atom stereocenters. The van der Waals surface area contributed by atoms with Crippen LogP contribution in [0, 0.1) is 0 Å². The van der Waals surface area contributed by atoms with Gasteiger partial charge in [-0.3, -0.25) is 4.79 Å². The van der Waals surface area contributed by atoms with Gasteiger partial charge in [0.1, 0.15) is 0 Å². The normalized spacial score (nSPS) is 21.2. The van der Waals surface area contributed by atoms with E-state index in [1.165, 1.54) is 6.42 Å². The van der Waals surface area contributed by atoms with Crippen molar-refractivity contribution in [2.24, 2.45) is 0 Å². The van der Waals surface area contributed by atoms with Crippen LogP contribution < -0.4 is 0 Å². The van der Waals surface area contributed by atoms with Crippen LogP contribution in [-0.4, -0.2) is 60.1 Å². The molecular formula is C12H24N2O2. The van der Waals surface area contributed by atoms with Crippen molar-refractivity contribution in [3.8, 4) is 0 Å². The van der Waals surface area contributed by atoms with Gasteiger partial charge in [0, 0.05) is 5.54 Å². The number of hydrogen-bond acceptors (Lipinski definition) is 3. The molecule has 0 aromatic heterocycles. The molecule has 1 heterocycles. The van der Waals surface area contributed by atoms with E-state index in [2.05, 4.69) is 16.7 Å². The van der Waals surface area contributed by atoms with E-state index in [9.17, 15) is 4.79 Å². The second-order valence-corrected chi connectivity index (χ2v) is 5.03. The van der Waals surface area contributed by atoms with Crippen LogP contribution in [0.3, 0.4) is 0 Å². The van der Waals surface area contributed by atoms with Gasteiger partial charge in [0.25, 0.3) is 0 Å². The fourth-order valence-electron chi connectivity index (χ4n) is 2.57. The van der Waals surface area contributed by atoms with Crippen molar-refractivity contribution >= 4 is 5.97 Å². The molecule has 0 aliphatic carbocycles. The SMILES string of the molecule is CCCN1CCC(CC(=O)O)(N(C)C)CC1. The van der Waals surface area contributed by atoms with Gasteiger partial charge in [0.15, 0.2) is 0 Å². The molecule has 0 bridgehead atoms. The zero-order valence-electron chi connectivity index (χ0n) is 10.7. The Balaban J connectivity index is 2.59. The monoisotopic (exact) mass is 228 g/mol. The third-order valence-corrected chi connectivity index (χ3v) is 3.76. The van der Waals surface area contributed by atoms with Gasteiger partial charge < -0.3 is 14.9 Å². The number of piperidine rings is 1. The molecule has 0 aromatic rings. The summed E-state index contributed by atoms with van der Waals surface area (Å²) in [5, 5.41) is 9.01. The summed E-state index contributed by atoms with van der Waals surface area (Å²) in [6, 6.07) is 0. The standard InChI is InChI=1S/C12H24N2O2/c1-4-7-14-8-5-12(6-9-14,13(2)3)10-11(15)16/h4-10H2,1-3H3,(H,15,16). The minimum atomic E-state index is -0.683. The average Bonchev–Trinajstić information content (AvgIpc) is 2.20. The molecule has 1 aliphatic rings. The lowest BCUT2D eigenvalue weighted by Gasteiger charge is -2.45. The van der Waals surface area contributed by atoms with Crippen LogP contribution in [0.25, 0.3) is 0 Å². The largest absolute Gasteiger partial charge is 0.481 e. The van der Waals surface area contributed by atoms with Crippen LogP contribution >= 0.6 is 0 Å². The number of rotatable bonds is 5. The first-order valence-electron chi connectivity index (χ1n) is 6.12. The summed E-state index contributed by atoms with van der Waals surface area (Å²) < 4.78 is 0. The predicted octanol–water partition coefficient (Wildman–Crippen LogP) is 1.27. The maximum absolute atomic E-state index is 10.9. The Morgan fingerprint density at radius 3 is 2.31 bits per heavy atom.